The number of aryl methyl sites for hydroxylation is 1. The standard InChI is InChI=1S/C19H26F3N5/c1-12-3-4-15(9-13(12)2)27-11-14(10-24-27)17(19(20,21)22)25-16-5-7-26-8-6-23-18(16)26/h6,8,10-13,15-17,25H,3-5,7,9H2,1-2H3. The fourth-order valence-corrected chi connectivity index (χ4v) is 4.42. The molecule has 2 aliphatic rings. The first kappa shape index (κ1) is 18.5. The van der Waals surface area contributed by atoms with Crippen LogP contribution in [0, 0.1) is 11.8 Å². The van der Waals surface area contributed by atoms with E-state index in [-0.39, 0.29) is 11.6 Å². The molecular formula is C19H26F3N5. The highest BCUT2D eigenvalue weighted by molar-refractivity contribution is 5.16. The van der Waals surface area contributed by atoms with Gasteiger partial charge in [-0.05, 0) is 37.5 Å². The third kappa shape index (κ3) is 3.63. The SMILES string of the molecule is CC1CCC(n2cc(C(NC3CCn4ccnc43)C(F)(F)F)cn2)CC1C. The first-order valence-electron chi connectivity index (χ1n) is 9.70. The Kier molecular flexibility index (Phi) is 4.78. The molecule has 0 spiro atoms. The quantitative estimate of drug-likeness (QED) is 0.853. The lowest BCUT2D eigenvalue weighted by atomic mass is 9.79. The molecule has 0 amide bonds. The molecule has 5 unspecified atom stereocenters. The third-order valence-electron chi connectivity index (χ3n) is 6.31. The van der Waals surface area contributed by atoms with Gasteiger partial charge in [0, 0.05) is 30.7 Å². The van der Waals surface area contributed by atoms with Gasteiger partial charge < -0.3 is 4.57 Å². The minimum absolute atomic E-state index is 0.179. The van der Waals surface area contributed by atoms with E-state index < -0.39 is 18.3 Å². The lowest BCUT2D eigenvalue weighted by molar-refractivity contribution is -0.160. The van der Waals surface area contributed by atoms with Gasteiger partial charge in [-0.3, -0.25) is 10.00 Å². The Balaban J connectivity index is 1.53. The van der Waals surface area contributed by atoms with Crippen LogP contribution in [0.3, 0.4) is 0 Å². The average molecular weight is 381 g/mol. The number of alkyl halides is 3. The van der Waals surface area contributed by atoms with Crippen molar-refractivity contribution in [1.29, 1.82) is 0 Å². The average Bonchev–Trinajstić information content (AvgIpc) is 3.31. The summed E-state index contributed by atoms with van der Waals surface area (Å²) in [5.74, 6) is 1.89. The Bertz CT molecular complexity index is 780. The van der Waals surface area contributed by atoms with Gasteiger partial charge in [0.1, 0.15) is 11.9 Å². The molecule has 0 saturated heterocycles. The van der Waals surface area contributed by atoms with Gasteiger partial charge >= 0.3 is 6.18 Å². The van der Waals surface area contributed by atoms with Crippen molar-refractivity contribution < 1.29 is 13.2 Å². The molecule has 27 heavy (non-hydrogen) atoms. The van der Waals surface area contributed by atoms with Crippen LogP contribution in [0.2, 0.25) is 0 Å². The summed E-state index contributed by atoms with van der Waals surface area (Å²) in [7, 11) is 0. The molecule has 5 atom stereocenters. The van der Waals surface area contributed by atoms with E-state index in [2.05, 4.69) is 29.2 Å². The van der Waals surface area contributed by atoms with Crippen molar-refractivity contribution in [2.75, 3.05) is 0 Å². The zero-order valence-corrected chi connectivity index (χ0v) is 15.7. The Morgan fingerprint density at radius 2 is 2.00 bits per heavy atom. The van der Waals surface area contributed by atoms with E-state index in [1.165, 1.54) is 6.20 Å². The highest BCUT2D eigenvalue weighted by Crippen LogP contribution is 2.39. The van der Waals surface area contributed by atoms with E-state index in [1.807, 2.05) is 10.8 Å². The molecule has 148 valence electrons. The van der Waals surface area contributed by atoms with Crippen LogP contribution in [0.25, 0.3) is 0 Å². The van der Waals surface area contributed by atoms with Crippen molar-refractivity contribution in [2.45, 2.75) is 70.4 Å². The maximum absolute atomic E-state index is 13.8. The van der Waals surface area contributed by atoms with E-state index in [0.29, 0.717) is 30.6 Å². The zero-order valence-electron chi connectivity index (χ0n) is 15.7. The smallest absolute Gasteiger partial charge is 0.334 e. The normalized spacial score (nSPS) is 29.7. The number of hydrogen-bond acceptors (Lipinski definition) is 3. The van der Waals surface area contributed by atoms with Crippen LogP contribution in [0.1, 0.15) is 69.0 Å². The molecule has 0 radical (unpaired) electrons. The van der Waals surface area contributed by atoms with E-state index in [4.69, 9.17) is 0 Å². The Morgan fingerprint density at radius 1 is 1.19 bits per heavy atom. The maximum atomic E-state index is 13.8. The summed E-state index contributed by atoms with van der Waals surface area (Å²) in [5.41, 5.74) is 0.179. The topological polar surface area (TPSA) is 47.7 Å². The summed E-state index contributed by atoms with van der Waals surface area (Å²) >= 11 is 0. The number of rotatable bonds is 4. The summed E-state index contributed by atoms with van der Waals surface area (Å²) in [6, 6.07) is -1.95. The number of fused-ring (bicyclic) bond motifs is 1. The monoisotopic (exact) mass is 381 g/mol. The number of nitrogens with zero attached hydrogens (tertiary/aromatic N) is 4. The van der Waals surface area contributed by atoms with Crippen LogP contribution in [-0.4, -0.2) is 25.5 Å². The number of nitrogens with one attached hydrogen (secondary N) is 1. The van der Waals surface area contributed by atoms with Crippen molar-refractivity contribution >= 4 is 0 Å². The lowest BCUT2D eigenvalue weighted by Gasteiger charge is -2.32. The van der Waals surface area contributed by atoms with Gasteiger partial charge in [0.05, 0.1) is 18.3 Å². The molecule has 4 rings (SSSR count). The number of imidazole rings is 1. The summed E-state index contributed by atoms with van der Waals surface area (Å²) in [6.45, 7) is 5.14. The number of aromatic nitrogens is 4. The van der Waals surface area contributed by atoms with Crippen molar-refractivity contribution in [3.8, 4) is 0 Å². The minimum atomic E-state index is -4.39. The maximum Gasteiger partial charge on any atom is 0.408 e. The van der Waals surface area contributed by atoms with Gasteiger partial charge in [0.15, 0.2) is 0 Å². The fraction of sp³-hybridized carbons (Fsp3) is 0.684. The second-order valence-electron chi connectivity index (χ2n) is 8.14. The van der Waals surface area contributed by atoms with Gasteiger partial charge in [-0.1, -0.05) is 13.8 Å². The first-order chi connectivity index (χ1) is 12.8. The molecular weight excluding hydrogens is 355 g/mol. The summed E-state index contributed by atoms with van der Waals surface area (Å²) < 4.78 is 45.0. The second kappa shape index (κ2) is 6.96. The van der Waals surface area contributed by atoms with Gasteiger partial charge in [-0.15, -0.1) is 0 Å². The van der Waals surface area contributed by atoms with Gasteiger partial charge in [0.2, 0.25) is 0 Å². The largest absolute Gasteiger partial charge is 0.408 e. The Hall–Kier alpha value is -1.83. The Morgan fingerprint density at radius 3 is 2.74 bits per heavy atom. The lowest BCUT2D eigenvalue weighted by Crippen LogP contribution is -2.36. The summed E-state index contributed by atoms with van der Waals surface area (Å²) in [5, 5.41) is 7.08. The van der Waals surface area contributed by atoms with Gasteiger partial charge in [-0.2, -0.15) is 18.3 Å². The van der Waals surface area contributed by atoms with Gasteiger partial charge in [-0.25, -0.2) is 4.98 Å². The first-order valence-corrected chi connectivity index (χ1v) is 9.70. The van der Waals surface area contributed by atoms with Crippen LogP contribution in [0.15, 0.2) is 24.8 Å². The highest BCUT2D eigenvalue weighted by Gasteiger charge is 2.44. The second-order valence-corrected chi connectivity index (χ2v) is 8.14. The Labute approximate surface area is 157 Å². The fourth-order valence-electron chi connectivity index (χ4n) is 4.42. The molecule has 5 nitrogen and oxygen atoms in total. The molecule has 2 aromatic heterocycles. The van der Waals surface area contributed by atoms with E-state index in [1.54, 1.807) is 17.1 Å². The predicted octanol–water partition coefficient (Wildman–Crippen LogP) is 4.41. The van der Waals surface area contributed by atoms with Crippen LogP contribution < -0.4 is 5.32 Å². The molecule has 1 saturated carbocycles. The molecule has 1 aliphatic carbocycles. The zero-order chi connectivity index (χ0) is 19.2. The molecule has 0 aromatic carbocycles. The van der Waals surface area contributed by atoms with Crippen LogP contribution >= 0.6 is 0 Å². The third-order valence-corrected chi connectivity index (χ3v) is 6.31. The van der Waals surface area contributed by atoms with Crippen molar-refractivity contribution in [3.05, 3.63) is 36.2 Å². The predicted molar refractivity (Wildman–Crippen MR) is 95.0 cm³/mol. The molecule has 0 bridgehead atoms. The van der Waals surface area contributed by atoms with Crippen molar-refractivity contribution in [2.24, 2.45) is 11.8 Å². The highest BCUT2D eigenvalue weighted by atomic mass is 19.4. The summed E-state index contributed by atoms with van der Waals surface area (Å²) in [4.78, 5) is 4.21. The molecule has 1 aliphatic heterocycles. The van der Waals surface area contributed by atoms with Crippen molar-refractivity contribution in [1.82, 2.24) is 24.6 Å². The molecule has 8 heteroatoms. The number of hydrogen-bond donors (Lipinski definition) is 1. The van der Waals surface area contributed by atoms with E-state index in [9.17, 15) is 13.2 Å². The number of halogens is 3. The minimum Gasteiger partial charge on any atom is -0.334 e. The van der Waals surface area contributed by atoms with Crippen LogP contribution in [-0.2, 0) is 6.54 Å². The summed E-state index contributed by atoms with van der Waals surface area (Å²) in [6.07, 6.45) is 5.65. The molecule has 1 N–H and O–H groups in total. The molecule has 2 aromatic rings. The van der Waals surface area contributed by atoms with Crippen LogP contribution in [0.4, 0.5) is 13.2 Å². The molecule has 3 heterocycles. The van der Waals surface area contributed by atoms with Crippen molar-refractivity contribution in [3.63, 3.8) is 0 Å². The van der Waals surface area contributed by atoms with Crippen LogP contribution in [0.5, 0.6) is 0 Å². The molecule has 1 fully saturated rings. The van der Waals surface area contributed by atoms with Gasteiger partial charge in [0.25, 0.3) is 0 Å². The van der Waals surface area contributed by atoms with E-state index in [0.717, 1.165) is 19.3 Å². The van der Waals surface area contributed by atoms with E-state index >= 15 is 0 Å².